The van der Waals surface area contributed by atoms with E-state index in [-0.39, 0.29) is 17.8 Å². The molecule has 152 valence electrons. The van der Waals surface area contributed by atoms with Gasteiger partial charge in [0.2, 0.25) is 0 Å². The smallest absolute Gasteiger partial charge is 0.271 e. The average Bonchev–Trinajstić information content (AvgIpc) is 2.70. The van der Waals surface area contributed by atoms with Crippen molar-refractivity contribution < 1.29 is 4.79 Å². The standard InChI is InChI=1S/C20H26N8O/c1-20(2,11-21)15-8-5-9-16(26-15)25-14-10-17(27-28-18(14)19(23)29)24-13-7-4-3-6-12(13)22/h5,8-10,12-13H,3-4,6-7,22H2,1-2H3,(H2,23,29)(H2,24,25,26,27)/t12-,13+/m0/s1. The second-order valence-corrected chi connectivity index (χ2v) is 7.83. The molecule has 0 spiro atoms. The molecule has 0 aliphatic heterocycles. The number of nitrogens with two attached hydrogens (primary N) is 2. The lowest BCUT2D eigenvalue weighted by Crippen LogP contribution is -2.42. The van der Waals surface area contributed by atoms with E-state index in [0.29, 0.717) is 23.0 Å². The number of nitrogens with one attached hydrogen (secondary N) is 2. The van der Waals surface area contributed by atoms with Crippen LogP contribution in [-0.4, -0.2) is 33.2 Å². The topological polar surface area (TPSA) is 156 Å². The Bertz CT molecular complexity index is 936. The molecule has 0 saturated heterocycles. The Morgan fingerprint density at radius 1 is 1.24 bits per heavy atom. The maximum atomic E-state index is 11.8. The van der Waals surface area contributed by atoms with E-state index in [1.54, 1.807) is 38.1 Å². The molecule has 1 aliphatic carbocycles. The first kappa shape index (κ1) is 20.5. The van der Waals surface area contributed by atoms with Crippen molar-refractivity contribution in [2.45, 2.75) is 57.0 Å². The monoisotopic (exact) mass is 394 g/mol. The summed E-state index contributed by atoms with van der Waals surface area (Å²) < 4.78 is 0. The van der Waals surface area contributed by atoms with Gasteiger partial charge in [-0.25, -0.2) is 4.98 Å². The molecule has 9 heteroatoms. The van der Waals surface area contributed by atoms with Gasteiger partial charge in [-0.2, -0.15) is 5.26 Å². The van der Waals surface area contributed by atoms with E-state index in [1.165, 1.54) is 0 Å². The molecule has 2 aromatic heterocycles. The number of primary amides is 1. The van der Waals surface area contributed by atoms with E-state index in [0.717, 1.165) is 25.7 Å². The Hall–Kier alpha value is -3.25. The zero-order chi connectivity index (χ0) is 21.0. The molecule has 2 atom stereocenters. The maximum absolute atomic E-state index is 11.8. The van der Waals surface area contributed by atoms with Crippen LogP contribution in [0.25, 0.3) is 0 Å². The van der Waals surface area contributed by atoms with Gasteiger partial charge in [-0.3, -0.25) is 4.79 Å². The van der Waals surface area contributed by atoms with Gasteiger partial charge < -0.3 is 22.1 Å². The predicted octanol–water partition coefficient (Wildman–Crippen LogP) is 2.20. The Morgan fingerprint density at radius 3 is 2.69 bits per heavy atom. The predicted molar refractivity (Wildman–Crippen MR) is 111 cm³/mol. The fourth-order valence-electron chi connectivity index (χ4n) is 3.32. The summed E-state index contributed by atoms with van der Waals surface area (Å²) in [4.78, 5) is 16.3. The van der Waals surface area contributed by atoms with Gasteiger partial charge in [-0.1, -0.05) is 18.9 Å². The van der Waals surface area contributed by atoms with Crippen LogP contribution in [0.5, 0.6) is 0 Å². The molecule has 9 nitrogen and oxygen atoms in total. The normalized spacial score (nSPS) is 19.2. The molecule has 2 aromatic rings. The highest BCUT2D eigenvalue weighted by molar-refractivity contribution is 5.97. The lowest BCUT2D eigenvalue weighted by atomic mass is 9.91. The summed E-state index contributed by atoms with van der Waals surface area (Å²) in [6.07, 6.45) is 4.14. The highest BCUT2D eigenvalue weighted by Gasteiger charge is 2.24. The van der Waals surface area contributed by atoms with E-state index in [2.05, 4.69) is 31.9 Å². The molecule has 6 N–H and O–H groups in total. The number of pyridine rings is 1. The fourth-order valence-corrected chi connectivity index (χ4v) is 3.32. The van der Waals surface area contributed by atoms with E-state index >= 15 is 0 Å². The molecule has 0 aromatic carbocycles. The minimum absolute atomic E-state index is 0.00948. The first-order valence-corrected chi connectivity index (χ1v) is 9.65. The van der Waals surface area contributed by atoms with Crippen molar-refractivity contribution >= 4 is 23.2 Å². The van der Waals surface area contributed by atoms with Crippen molar-refractivity contribution in [2.75, 3.05) is 10.6 Å². The van der Waals surface area contributed by atoms with Crippen molar-refractivity contribution in [3.05, 3.63) is 35.7 Å². The number of rotatable bonds is 6. The van der Waals surface area contributed by atoms with Gasteiger partial charge in [0.15, 0.2) is 11.5 Å². The van der Waals surface area contributed by atoms with E-state index in [1.807, 2.05) is 0 Å². The molecule has 0 radical (unpaired) electrons. The van der Waals surface area contributed by atoms with Gasteiger partial charge in [0.1, 0.15) is 5.82 Å². The molecular weight excluding hydrogens is 368 g/mol. The summed E-state index contributed by atoms with van der Waals surface area (Å²) in [6.45, 7) is 3.58. The molecular formula is C20H26N8O. The van der Waals surface area contributed by atoms with Gasteiger partial charge in [0, 0.05) is 18.2 Å². The number of carbonyl (C=O) groups is 1. The van der Waals surface area contributed by atoms with Gasteiger partial charge in [0.05, 0.1) is 22.9 Å². The number of hydrogen-bond acceptors (Lipinski definition) is 8. The van der Waals surface area contributed by atoms with Crippen molar-refractivity contribution in [3.8, 4) is 6.07 Å². The highest BCUT2D eigenvalue weighted by atomic mass is 16.1. The summed E-state index contributed by atoms with van der Waals surface area (Å²) >= 11 is 0. The molecule has 1 aliphatic rings. The van der Waals surface area contributed by atoms with Gasteiger partial charge in [-0.15, -0.1) is 10.2 Å². The summed E-state index contributed by atoms with van der Waals surface area (Å²) in [7, 11) is 0. The Morgan fingerprint density at radius 2 is 2.00 bits per heavy atom. The number of aromatic nitrogens is 3. The average molecular weight is 394 g/mol. The molecule has 3 rings (SSSR count). The van der Waals surface area contributed by atoms with E-state index in [9.17, 15) is 10.1 Å². The van der Waals surface area contributed by atoms with Gasteiger partial charge >= 0.3 is 0 Å². The van der Waals surface area contributed by atoms with Crippen LogP contribution in [0.2, 0.25) is 0 Å². The largest absolute Gasteiger partial charge is 0.364 e. The zero-order valence-electron chi connectivity index (χ0n) is 16.6. The second kappa shape index (κ2) is 8.41. The number of nitrogens with zero attached hydrogens (tertiary/aromatic N) is 4. The maximum Gasteiger partial charge on any atom is 0.271 e. The van der Waals surface area contributed by atoms with Crippen LogP contribution in [0.15, 0.2) is 24.3 Å². The molecule has 1 amide bonds. The second-order valence-electron chi connectivity index (χ2n) is 7.83. The van der Waals surface area contributed by atoms with Crippen LogP contribution in [0.3, 0.4) is 0 Å². The lowest BCUT2D eigenvalue weighted by Gasteiger charge is -2.29. The molecule has 0 bridgehead atoms. The van der Waals surface area contributed by atoms with Crippen molar-refractivity contribution in [1.29, 1.82) is 5.26 Å². The Balaban J connectivity index is 1.88. The molecule has 1 saturated carbocycles. The SMILES string of the molecule is CC(C)(C#N)c1cccc(Nc2cc(N[C@@H]3CCCC[C@@H]3N)nnc2C(N)=O)n1. The van der Waals surface area contributed by atoms with E-state index < -0.39 is 11.3 Å². The summed E-state index contributed by atoms with van der Waals surface area (Å²) in [5, 5.41) is 23.8. The molecule has 1 fully saturated rings. The summed E-state index contributed by atoms with van der Waals surface area (Å²) in [5.41, 5.74) is 11.9. The zero-order valence-corrected chi connectivity index (χ0v) is 16.6. The van der Waals surface area contributed by atoms with Crippen molar-refractivity contribution in [3.63, 3.8) is 0 Å². The minimum Gasteiger partial charge on any atom is -0.364 e. The van der Waals surface area contributed by atoms with Crippen molar-refractivity contribution in [1.82, 2.24) is 15.2 Å². The first-order chi connectivity index (χ1) is 13.8. The van der Waals surface area contributed by atoms with Crippen molar-refractivity contribution in [2.24, 2.45) is 11.5 Å². The minimum atomic E-state index is -0.745. The Labute approximate surface area is 169 Å². The number of hydrogen-bond donors (Lipinski definition) is 4. The quantitative estimate of drug-likeness (QED) is 0.581. The summed E-state index contributed by atoms with van der Waals surface area (Å²) in [5.74, 6) is 0.282. The lowest BCUT2D eigenvalue weighted by molar-refractivity contribution is 0.0995. The van der Waals surface area contributed by atoms with Crippen LogP contribution in [-0.2, 0) is 5.41 Å². The number of nitriles is 1. The van der Waals surface area contributed by atoms with Crippen LogP contribution in [0.4, 0.5) is 17.3 Å². The van der Waals surface area contributed by atoms with E-state index in [4.69, 9.17) is 11.5 Å². The molecule has 2 heterocycles. The third-order valence-corrected chi connectivity index (χ3v) is 5.11. The summed E-state index contributed by atoms with van der Waals surface area (Å²) in [6, 6.07) is 9.37. The van der Waals surface area contributed by atoms with Crippen LogP contribution in [0, 0.1) is 11.3 Å². The highest BCUT2D eigenvalue weighted by Crippen LogP contribution is 2.26. The number of anilines is 3. The van der Waals surface area contributed by atoms with Crippen LogP contribution < -0.4 is 22.1 Å². The fraction of sp³-hybridized carbons (Fsp3) is 0.450. The number of carbonyl (C=O) groups excluding carboxylic acids is 1. The molecule has 0 unspecified atom stereocenters. The van der Waals surface area contributed by atoms with Gasteiger partial charge in [0.25, 0.3) is 5.91 Å². The third kappa shape index (κ3) is 4.78. The molecule has 29 heavy (non-hydrogen) atoms. The Kier molecular flexibility index (Phi) is 5.94. The number of amides is 1. The van der Waals surface area contributed by atoms with Crippen LogP contribution in [0.1, 0.15) is 55.7 Å². The third-order valence-electron chi connectivity index (χ3n) is 5.11. The van der Waals surface area contributed by atoms with Gasteiger partial charge in [-0.05, 0) is 38.8 Å². The first-order valence-electron chi connectivity index (χ1n) is 9.65. The van der Waals surface area contributed by atoms with Crippen LogP contribution >= 0.6 is 0 Å².